The van der Waals surface area contributed by atoms with Crippen LogP contribution in [0.4, 0.5) is 5.82 Å². The van der Waals surface area contributed by atoms with E-state index in [0.29, 0.717) is 37.8 Å². The van der Waals surface area contributed by atoms with Gasteiger partial charge in [0.25, 0.3) is 5.56 Å². The number of aromatic nitrogens is 2. The Morgan fingerprint density at radius 1 is 0.909 bits per heavy atom. The van der Waals surface area contributed by atoms with Gasteiger partial charge in [-0.15, -0.1) is 0 Å². The largest absolute Gasteiger partial charge is 0.367 e. The molecular weight excluding hydrogens is 479 g/mol. The van der Waals surface area contributed by atoms with Crippen molar-refractivity contribution in [3.05, 3.63) is 86.1 Å². The second kappa shape index (κ2) is 9.35. The molecule has 2 N–H and O–H groups in total. The average molecular weight is 500 g/mol. The van der Waals surface area contributed by atoms with Crippen LogP contribution in [0.3, 0.4) is 0 Å². The number of nitrogens with one attached hydrogen (secondary N) is 2. The number of halogens is 3. The van der Waals surface area contributed by atoms with E-state index < -0.39 is 0 Å². The highest BCUT2D eigenvalue weighted by Crippen LogP contribution is 2.36. The molecule has 0 unspecified atom stereocenters. The first-order valence-electron chi connectivity index (χ1n) is 10.8. The fourth-order valence-corrected chi connectivity index (χ4v) is 5.07. The molecule has 33 heavy (non-hydrogen) atoms. The Labute approximate surface area is 206 Å². The van der Waals surface area contributed by atoms with Crippen LogP contribution in [0.5, 0.6) is 0 Å². The predicted octanol–water partition coefficient (Wildman–Crippen LogP) is 6.18. The first kappa shape index (κ1) is 22.2. The van der Waals surface area contributed by atoms with Crippen molar-refractivity contribution >= 4 is 51.5 Å². The molecule has 8 heteroatoms. The summed E-state index contributed by atoms with van der Waals surface area (Å²) < 4.78 is 1.55. The van der Waals surface area contributed by atoms with E-state index in [1.54, 1.807) is 28.8 Å². The molecule has 0 aliphatic carbocycles. The zero-order valence-corrected chi connectivity index (χ0v) is 19.9. The molecule has 4 aromatic rings. The number of rotatable bonds is 4. The fraction of sp³-hybridized carbons (Fsp3) is 0.200. The number of para-hydroxylation sites is 1. The molecule has 0 radical (unpaired) electrons. The molecular formula is C25H21Cl3N4O. The maximum atomic E-state index is 13.1. The summed E-state index contributed by atoms with van der Waals surface area (Å²) in [7, 11) is 0. The van der Waals surface area contributed by atoms with E-state index >= 15 is 0 Å². The van der Waals surface area contributed by atoms with Crippen molar-refractivity contribution in [3.8, 4) is 16.9 Å². The monoisotopic (exact) mass is 498 g/mol. The highest BCUT2D eigenvalue weighted by molar-refractivity contribution is 6.38. The molecule has 1 aliphatic heterocycles. The minimum atomic E-state index is -0.235. The van der Waals surface area contributed by atoms with E-state index in [9.17, 15) is 4.79 Å². The lowest BCUT2D eigenvalue weighted by Crippen LogP contribution is -2.35. The summed E-state index contributed by atoms with van der Waals surface area (Å²) >= 11 is 19.6. The van der Waals surface area contributed by atoms with Gasteiger partial charge in [-0.25, -0.2) is 4.98 Å². The average Bonchev–Trinajstić information content (AvgIpc) is 2.81. The van der Waals surface area contributed by atoms with Gasteiger partial charge in [-0.1, -0.05) is 59.1 Å². The van der Waals surface area contributed by atoms with Crippen LogP contribution in [-0.2, 0) is 0 Å². The molecule has 0 amide bonds. The molecule has 0 atom stereocenters. The van der Waals surface area contributed by atoms with Crippen molar-refractivity contribution in [3.63, 3.8) is 0 Å². The highest BCUT2D eigenvalue weighted by atomic mass is 35.5. The smallest absolute Gasteiger partial charge is 0.255 e. The Kier molecular flexibility index (Phi) is 6.30. The van der Waals surface area contributed by atoms with E-state index in [1.807, 2.05) is 30.3 Å². The van der Waals surface area contributed by atoms with Crippen molar-refractivity contribution in [2.75, 3.05) is 18.4 Å². The van der Waals surface area contributed by atoms with Gasteiger partial charge in [-0.05, 0) is 50.2 Å². The fourth-order valence-electron chi connectivity index (χ4n) is 4.28. The van der Waals surface area contributed by atoms with E-state index in [4.69, 9.17) is 39.8 Å². The number of benzene rings is 2. The third-order valence-electron chi connectivity index (χ3n) is 5.87. The Bertz CT molecular complexity index is 1380. The van der Waals surface area contributed by atoms with Gasteiger partial charge in [-0.3, -0.25) is 9.36 Å². The van der Waals surface area contributed by atoms with Crippen LogP contribution in [0.25, 0.3) is 27.8 Å². The van der Waals surface area contributed by atoms with Crippen molar-refractivity contribution < 1.29 is 0 Å². The normalized spacial score (nSPS) is 14.5. The Morgan fingerprint density at radius 3 is 2.33 bits per heavy atom. The van der Waals surface area contributed by atoms with E-state index in [0.717, 1.165) is 36.9 Å². The van der Waals surface area contributed by atoms with Crippen LogP contribution in [-0.4, -0.2) is 28.7 Å². The Morgan fingerprint density at radius 2 is 1.61 bits per heavy atom. The predicted molar refractivity (Wildman–Crippen MR) is 137 cm³/mol. The standard InChI is InChI=1S/C25H21Cl3N4O/c26-18-5-2-1-4-16(18)24-17-8-9-23(33)32(25-19(27)6-3-7-20(25)28)21(17)14-22(31-24)30-15-10-12-29-13-11-15/h1-9,14-15,29H,10-13H2,(H,30,31). The summed E-state index contributed by atoms with van der Waals surface area (Å²) in [6.07, 6.45) is 1.97. The topological polar surface area (TPSA) is 59.0 Å². The first-order chi connectivity index (χ1) is 16.0. The zero-order chi connectivity index (χ0) is 22.9. The maximum Gasteiger partial charge on any atom is 0.255 e. The number of anilines is 1. The molecule has 5 nitrogen and oxygen atoms in total. The van der Waals surface area contributed by atoms with Gasteiger partial charge < -0.3 is 10.6 Å². The van der Waals surface area contributed by atoms with E-state index in [1.165, 1.54) is 6.07 Å². The number of fused-ring (bicyclic) bond motifs is 1. The molecule has 1 aliphatic rings. The van der Waals surface area contributed by atoms with Crippen molar-refractivity contribution in [2.24, 2.45) is 0 Å². The zero-order valence-electron chi connectivity index (χ0n) is 17.6. The third kappa shape index (κ3) is 4.34. The van der Waals surface area contributed by atoms with Crippen molar-refractivity contribution in [2.45, 2.75) is 18.9 Å². The van der Waals surface area contributed by atoms with Gasteiger partial charge in [0.1, 0.15) is 5.82 Å². The van der Waals surface area contributed by atoms with E-state index in [2.05, 4.69) is 10.6 Å². The molecule has 1 saturated heterocycles. The van der Waals surface area contributed by atoms with Gasteiger partial charge in [0.05, 0.1) is 26.9 Å². The molecule has 1 fully saturated rings. The number of pyridine rings is 2. The van der Waals surface area contributed by atoms with Gasteiger partial charge in [0.2, 0.25) is 0 Å². The summed E-state index contributed by atoms with van der Waals surface area (Å²) in [5.41, 5.74) is 2.33. The van der Waals surface area contributed by atoms with Crippen LogP contribution in [0.15, 0.2) is 65.5 Å². The second-order valence-electron chi connectivity index (χ2n) is 8.01. The lowest BCUT2D eigenvalue weighted by molar-refractivity contribution is 0.478. The van der Waals surface area contributed by atoms with Crippen LogP contribution < -0.4 is 16.2 Å². The van der Waals surface area contributed by atoms with Gasteiger partial charge in [0.15, 0.2) is 0 Å². The summed E-state index contributed by atoms with van der Waals surface area (Å²) in [6, 6.07) is 18.2. The van der Waals surface area contributed by atoms with Crippen LogP contribution in [0.1, 0.15) is 12.8 Å². The van der Waals surface area contributed by atoms with Crippen LogP contribution >= 0.6 is 34.8 Å². The molecule has 168 valence electrons. The van der Waals surface area contributed by atoms with Crippen molar-refractivity contribution in [1.82, 2.24) is 14.9 Å². The third-order valence-corrected chi connectivity index (χ3v) is 6.81. The molecule has 0 bridgehead atoms. The molecule has 3 heterocycles. The highest BCUT2D eigenvalue weighted by Gasteiger charge is 2.20. The maximum absolute atomic E-state index is 13.1. The first-order valence-corrected chi connectivity index (χ1v) is 11.9. The van der Waals surface area contributed by atoms with Crippen molar-refractivity contribution in [1.29, 1.82) is 0 Å². The van der Waals surface area contributed by atoms with Gasteiger partial charge >= 0.3 is 0 Å². The quantitative estimate of drug-likeness (QED) is 0.352. The molecule has 0 saturated carbocycles. The summed E-state index contributed by atoms with van der Waals surface area (Å²) in [4.78, 5) is 18.1. The summed E-state index contributed by atoms with van der Waals surface area (Å²) in [5, 5.41) is 9.06. The molecule has 0 spiro atoms. The number of hydrogen-bond acceptors (Lipinski definition) is 4. The minimum Gasteiger partial charge on any atom is -0.367 e. The van der Waals surface area contributed by atoms with Gasteiger partial charge in [-0.2, -0.15) is 0 Å². The van der Waals surface area contributed by atoms with Crippen LogP contribution in [0, 0.1) is 0 Å². The Balaban J connectivity index is 1.81. The number of hydrogen-bond donors (Lipinski definition) is 2. The van der Waals surface area contributed by atoms with Crippen LogP contribution in [0.2, 0.25) is 15.1 Å². The molecule has 2 aromatic heterocycles. The second-order valence-corrected chi connectivity index (χ2v) is 9.24. The SMILES string of the molecule is O=c1ccc2c(-c3ccccc3Cl)nc(NC3CCNCC3)cc2n1-c1c(Cl)cccc1Cl. The lowest BCUT2D eigenvalue weighted by Gasteiger charge is -2.25. The number of piperidine rings is 1. The minimum absolute atomic E-state index is 0.235. The number of nitrogens with zero attached hydrogens (tertiary/aromatic N) is 2. The summed E-state index contributed by atoms with van der Waals surface area (Å²) in [6.45, 7) is 1.89. The van der Waals surface area contributed by atoms with E-state index in [-0.39, 0.29) is 11.6 Å². The molecule has 5 rings (SSSR count). The summed E-state index contributed by atoms with van der Waals surface area (Å²) in [5.74, 6) is 0.673. The van der Waals surface area contributed by atoms with Gasteiger partial charge in [0, 0.05) is 34.1 Å². The lowest BCUT2D eigenvalue weighted by atomic mass is 10.0. The Hall–Kier alpha value is -2.57. The molecule has 2 aromatic carbocycles.